The number of hydrogen-bond acceptors (Lipinski definition) is 0. The van der Waals surface area contributed by atoms with Crippen molar-refractivity contribution in [1.29, 1.82) is 0 Å². The molecule has 0 aliphatic carbocycles. The Hall–Kier alpha value is -0.260. The topological polar surface area (TPSA) is 0 Å². The van der Waals surface area contributed by atoms with E-state index in [1.807, 2.05) is 0 Å². The number of allylic oxidation sites excluding steroid dienone is 2. The first-order valence-electron chi connectivity index (χ1n) is 12.5. The van der Waals surface area contributed by atoms with E-state index in [4.69, 9.17) is 0 Å². The highest BCUT2D eigenvalue weighted by Gasteiger charge is 2.14. The number of unbranched alkanes of at least 4 members (excludes halogenated alkanes) is 13. The number of hydrogen-bond donors (Lipinski definition) is 0. The summed E-state index contributed by atoms with van der Waals surface area (Å²) in [6.07, 6.45) is 30.7. The fraction of sp³-hybridized carbons (Fsp3) is 0.852. The molecule has 0 rings (SSSR count). The van der Waals surface area contributed by atoms with E-state index >= 15 is 0 Å². The molecule has 27 heavy (non-hydrogen) atoms. The van der Waals surface area contributed by atoms with Crippen LogP contribution in [0, 0.1) is 25.7 Å². The molecule has 0 N–H and O–H groups in total. The van der Waals surface area contributed by atoms with Crippen LogP contribution in [0.1, 0.15) is 136 Å². The van der Waals surface area contributed by atoms with E-state index in [0.717, 1.165) is 24.7 Å². The lowest BCUT2D eigenvalue weighted by atomic mass is 9.84. The van der Waals surface area contributed by atoms with Crippen LogP contribution < -0.4 is 0 Å². The summed E-state index contributed by atoms with van der Waals surface area (Å²) in [5.41, 5.74) is 0. The first kappa shape index (κ1) is 26.7. The minimum Gasteiger partial charge on any atom is -0.0885 e. The average Bonchev–Trinajstić information content (AvgIpc) is 2.69. The second-order valence-electron chi connectivity index (χ2n) is 8.72. The summed E-state index contributed by atoms with van der Waals surface area (Å²) in [5, 5.41) is 0. The smallest absolute Gasteiger partial charge is 0.0348 e. The highest BCUT2D eigenvalue weighted by molar-refractivity contribution is 4.83. The van der Waals surface area contributed by atoms with Crippen molar-refractivity contribution in [1.82, 2.24) is 0 Å². The van der Waals surface area contributed by atoms with Gasteiger partial charge in [-0.2, -0.15) is 0 Å². The van der Waals surface area contributed by atoms with Crippen molar-refractivity contribution < 1.29 is 0 Å². The first-order valence-corrected chi connectivity index (χ1v) is 12.5. The zero-order valence-electron chi connectivity index (χ0n) is 19.2. The molecular formula is C27H52. The van der Waals surface area contributed by atoms with E-state index < -0.39 is 0 Å². The maximum absolute atomic E-state index is 3.94. The second-order valence-corrected chi connectivity index (χ2v) is 8.72. The van der Waals surface area contributed by atoms with Crippen LogP contribution in [0.5, 0.6) is 0 Å². The standard InChI is InChI=1S/C27H52/c1-5-8-10-12-14-15-16-17-18-19-21-23-25-27(26(4)7-3)24-22-20-13-11-9-6-2/h19,21,26-27H,1-2,5-18,20,22-25H2,3-4H3. The fourth-order valence-corrected chi connectivity index (χ4v) is 4.03. The molecule has 0 aliphatic heterocycles. The Morgan fingerprint density at radius 3 is 1.63 bits per heavy atom. The van der Waals surface area contributed by atoms with Crippen molar-refractivity contribution in [2.75, 3.05) is 0 Å². The van der Waals surface area contributed by atoms with Gasteiger partial charge in [0.1, 0.15) is 0 Å². The molecule has 0 saturated carbocycles. The molecule has 2 radical (unpaired) electrons. The predicted octanol–water partition coefficient (Wildman–Crippen LogP) is 9.89. The van der Waals surface area contributed by atoms with Gasteiger partial charge in [0, 0.05) is 0 Å². The molecule has 0 aromatic heterocycles. The molecule has 0 saturated heterocycles. The van der Waals surface area contributed by atoms with Crippen molar-refractivity contribution in [2.45, 2.75) is 136 Å². The summed E-state index contributed by atoms with van der Waals surface area (Å²) in [6.45, 7) is 12.7. The van der Waals surface area contributed by atoms with Gasteiger partial charge in [-0.05, 0) is 37.5 Å². The van der Waals surface area contributed by atoms with Crippen molar-refractivity contribution in [3.8, 4) is 0 Å². The van der Waals surface area contributed by atoms with Crippen LogP contribution >= 0.6 is 0 Å². The third-order valence-corrected chi connectivity index (χ3v) is 6.27. The molecule has 0 bridgehead atoms. The van der Waals surface area contributed by atoms with Crippen LogP contribution in [0.25, 0.3) is 0 Å². The maximum atomic E-state index is 3.94. The van der Waals surface area contributed by atoms with Gasteiger partial charge in [-0.15, -0.1) is 0 Å². The molecule has 2 unspecified atom stereocenters. The molecule has 2 atom stereocenters. The lowest BCUT2D eigenvalue weighted by Crippen LogP contribution is -2.11. The van der Waals surface area contributed by atoms with E-state index in [2.05, 4.69) is 39.8 Å². The normalized spacial score (nSPS) is 14.1. The van der Waals surface area contributed by atoms with Gasteiger partial charge in [0.15, 0.2) is 0 Å². The van der Waals surface area contributed by atoms with Gasteiger partial charge in [-0.1, -0.05) is 136 Å². The third-order valence-electron chi connectivity index (χ3n) is 6.27. The Balaban J connectivity index is 3.66. The zero-order valence-corrected chi connectivity index (χ0v) is 19.2. The van der Waals surface area contributed by atoms with Crippen molar-refractivity contribution in [3.63, 3.8) is 0 Å². The molecule has 160 valence electrons. The average molecular weight is 377 g/mol. The molecule has 0 heterocycles. The monoisotopic (exact) mass is 376 g/mol. The van der Waals surface area contributed by atoms with Crippen molar-refractivity contribution in [2.24, 2.45) is 11.8 Å². The molecule has 0 nitrogen and oxygen atoms in total. The van der Waals surface area contributed by atoms with Gasteiger partial charge in [0.2, 0.25) is 0 Å². The summed E-state index contributed by atoms with van der Waals surface area (Å²) in [7, 11) is 0. The van der Waals surface area contributed by atoms with Crippen LogP contribution in [0.2, 0.25) is 0 Å². The Labute approximate surface area is 174 Å². The predicted molar refractivity (Wildman–Crippen MR) is 126 cm³/mol. The molecule has 0 fully saturated rings. The summed E-state index contributed by atoms with van der Waals surface area (Å²) >= 11 is 0. The molecule has 0 amide bonds. The van der Waals surface area contributed by atoms with E-state index in [9.17, 15) is 0 Å². The Kier molecular flexibility index (Phi) is 21.8. The zero-order chi connectivity index (χ0) is 20.0. The highest BCUT2D eigenvalue weighted by atomic mass is 14.2. The highest BCUT2D eigenvalue weighted by Crippen LogP contribution is 2.27. The minimum atomic E-state index is 0.890. The summed E-state index contributed by atoms with van der Waals surface area (Å²) in [4.78, 5) is 0. The van der Waals surface area contributed by atoms with Gasteiger partial charge < -0.3 is 0 Å². The molecule has 0 aliphatic rings. The lowest BCUT2D eigenvalue weighted by molar-refractivity contribution is 0.299. The van der Waals surface area contributed by atoms with E-state index in [-0.39, 0.29) is 0 Å². The van der Waals surface area contributed by atoms with Crippen LogP contribution in [0.3, 0.4) is 0 Å². The quantitative estimate of drug-likeness (QED) is 0.138. The van der Waals surface area contributed by atoms with Crippen LogP contribution in [0.4, 0.5) is 0 Å². The fourth-order valence-electron chi connectivity index (χ4n) is 4.03. The number of rotatable bonds is 21. The molecular weight excluding hydrogens is 324 g/mol. The van der Waals surface area contributed by atoms with Crippen molar-refractivity contribution >= 4 is 0 Å². The van der Waals surface area contributed by atoms with Crippen LogP contribution in [-0.4, -0.2) is 0 Å². The van der Waals surface area contributed by atoms with Gasteiger partial charge in [0.05, 0.1) is 0 Å². The molecule has 0 heteroatoms. The van der Waals surface area contributed by atoms with E-state index in [1.54, 1.807) is 0 Å². The summed E-state index contributed by atoms with van der Waals surface area (Å²) in [5.74, 6) is 1.83. The molecule has 0 spiro atoms. The SMILES string of the molecule is [CH2]CCCCCCCCCC=CCCC(CCCCCCC[CH2])C(C)CC. The Morgan fingerprint density at radius 2 is 1.07 bits per heavy atom. The Morgan fingerprint density at radius 1 is 0.593 bits per heavy atom. The molecule has 0 aromatic carbocycles. The first-order chi connectivity index (χ1) is 13.3. The minimum absolute atomic E-state index is 0.890. The van der Waals surface area contributed by atoms with Gasteiger partial charge in [-0.3, -0.25) is 0 Å². The van der Waals surface area contributed by atoms with Crippen LogP contribution in [0.15, 0.2) is 12.2 Å². The summed E-state index contributed by atoms with van der Waals surface area (Å²) < 4.78 is 0. The van der Waals surface area contributed by atoms with E-state index in [1.165, 1.54) is 109 Å². The van der Waals surface area contributed by atoms with Gasteiger partial charge in [0.25, 0.3) is 0 Å². The summed E-state index contributed by atoms with van der Waals surface area (Å²) in [6, 6.07) is 0. The van der Waals surface area contributed by atoms with Crippen LogP contribution in [-0.2, 0) is 0 Å². The van der Waals surface area contributed by atoms with Gasteiger partial charge >= 0.3 is 0 Å². The lowest BCUT2D eigenvalue weighted by Gasteiger charge is -2.22. The largest absolute Gasteiger partial charge is 0.0885 e. The second kappa shape index (κ2) is 22.0. The Bertz CT molecular complexity index is 290. The van der Waals surface area contributed by atoms with Crippen molar-refractivity contribution in [3.05, 3.63) is 26.0 Å². The third kappa shape index (κ3) is 18.9. The van der Waals surface area contributed by atoms with E-state index in [0.29, 0.717) is 0 Å². The van der Waals surface area contributed by atoms with Gasteiger partial charge in [-0.25, -0.2) is 0 Å². The maximum Gasteiger partial charge on any atom is -0.0348 e. The molecule has 0 aromatic rings.